The molecule has 2 heterocycles. The molecule has 0 spiro atoms. The SMILES string of the molecule is O=C1C(c2ccc3cccc(N4C(=O)c5ccc(Cl)cc5C4=O)c3n2)C(=O)C2C=C(Cl)C=CC12. The number of allylic oxidation sites excluding steroid dienone is 4. The zero-order chi connectivity index (χ0) is 23.7. The van der Waals surface area contributed by atoms with Gasteiger partial charge in [-0.3, -0.25) is 19.2 Å². The summed E-state index contributed by atoms with van der Waals surface area (Å²) in [7, 11) is 0. The summed E-state index contributed by atoms with van der Waals surface area (Å²) >= 11 is 12.1. The first-order valence-corrected chi connectivity index (χ1v) is 11.3. The third-order valence-corrected chi connectivity index (χ3v) is 7.01. The fraction of sp³-hybridized carbons (Fsp3) is 0.115. The third kappa shape index (κ3) is 2.92. The van der Waals surface area contributed by atoms with Crippen LogP contribution in [0.4, 0.5) is 5.69 Å². The minimum absolute atomic E-state index is 0.214. The lowest BCUT2D eigenvalue weighted by Crippen LogP contribution is -2.29. The molecule has 3 unspecified atom stereocenters. The molecule has 2 aliphatic carbocycles. The number of carbonyl (C=O) groups is 4. The van der Waals surface area contributed by atoms with E-state index in [-0.39, 0.29) is 34.1 Å². The van der Waals surface area contributed by atoms with E-state index in [4.69, 9.17) is 23.2 Å². The Hall–Kier alpha value is -3.61. The van der Waals surface area contributed by atoms with Crippen molar-refractivity contribution in [3.8, 4) is 0 Å². The number of benzene rings is 2. The highest BCUT2D eigenvalue weighted by molar-refractivity contribution is 6.37. The summed E-state index contributed by atoms with van der Waals surface area (Å²) in [6.07, 6.45) is 4.88. The summed E-state index contributed by atoms with van der Waals surface area (Å²) < 4.78 is 0. The van der Waals surface area contributed by atoms with Gasteiger partial charge in [-0.1, -0.05) is 53.6 Å². The number of rotatable bonds is 2. The lowest BCUT2D eigenvalue weighted by atomic mass is 9.91. The van der Waals surface area contributed by atoms with Gasteiger partial charge in [0.25, 0.3) is 11.8 Å². The first-order valence-electron chi connectivity index (χ1n) is 10.6. The summed E-state index contributed by atoms with van der Waals surface area (Å²) in [5.41, 5.74) is 1.37. The third-order valence-electron chi connectivity index (χ3n) is 6.52. The van der Waals surface area contributed by atoms with Crippen LogP contribution in [0.15, 0.2) is 71.8 Å². The van der Waals surface area contributed by atoms with Crippen molar-refractivity contribution in [1.82, 2.24) is 4.98 Å². The van der Waals surface area contributed by atoms with Crippen LogP contribution in [-0.2, 0) is 9.59 Å². The van der Waals surface area contributed by atoms with Crippen molar-refractivity contribution in [2.45, 2.75) is 5.92 Å². The number of hydrogen-bond acceptors (Lipinski definition) is 5. The van der Waals surface area contributed by atoms with E-state index in [9.17, 15) is 19.2 Å². The van der Waals surface area contributed by atoms with Crippen LogP contribution in [0.25, 0.3) is 10.9 Å². The van der Waals surface area contributed by atoms with Crippen LogP contribution in [0.2, 0.25) is 5.02 Å². The van der Waals surface area contributed by atoms with Crippen molar-refractivity contribution in [2.75, 3.05) is 4.90 Å². The van der Waals surface area contributed by atoms with E-state index in [1.165, 1.54) is 12.1 Å². The van der Waals surface area contributed by atoms with Crippen molar-refractivity contribution in [1.29, 1.82) is 0 Å². The second kappa shape index (κ2) is 7.45. The van der Waals surface area contributed by atoms with Gasteiger partial charge in [-0.05, 0) is 36.4 Å². The van der Waals surface area contributed by atoms with Crippen LogP contribution in [0, 0.1) is 11.8 Å². The zero-order valence-corrected chi connectivity index (χ0v) is 18.9. The van der Waals surface area contributed by atoms with Gasteiger partial charge in [0, 0.05) is 15.4 Å². The Labute approximate surface area is 203 Å². The quantitative estimate of drug-likeness (QED) is 0.380. The molecule has 1 fully saturated rings. The number of aromatic nitrogens is 1. The molecule has 3 atom stereocenters. The number of para-hydroxylation sites is 1. The van der Waals surface area contributed by atoms with Gasteiger partial charge in [0.2, 0.25) is 0 Å². The number of hydrogen-bond donors (Lipinski definition) is 0. The standard InChI is InChI=1S/C26H14Cl2N2O4/c27-13-5-7-15-17(10-13)24(32)21(23(15)31)19-9-4-12-2-1-3-20(22(12)29-19)30-25(33)16-8-6-14(28)11-18(16)26(30)34/h1-11,15,17,21H. The lowest BCUT2D eigenvalue weighted by Gasteiger charge is -2.17. The Bertz CT molecular complexity index is 1540. The molecule has 1 aliphatic heterocycles. The van der Waals surface area contributed by atoms with Gasteiger partial charge < -0.3 is 0 Å². The second-order valence-electron chi connectivity index (χ2n) is 8.42. The van der Waals surface area contributed by atoms with Crippen LogP contribution in [0.3, 0.4) is 0 Å². The Morgan fingerprint density at radius 3 is 2.41 bits per heavy atom. The molecular formula is C26H14Cl2N2O4. The van der Waals surface area contributed by atoms with E-state index in [1.807, 2.05) is 0 Å². The van der Waals surface area contributed by atoms with Gasteiger partial charge in [-0.15, -0.1) is 0 Å². The number of pyridine rings is 1. The smallest absolute Gasteiger partial charge is 0.266 e. The maximum Gasteiger partial charge on any atom is 0.266 e. The van der Waals surface area contributed by atoms with Gasteiger partial charge in [-0.25, -0.2) is 9.88 Å². The van der Waals surface area contributed by atoms with E-state index in [2.05, 4.69) is 4.98 Å². The summed E-state index contributed by atoms with van der Waals surface area (Å²) in [6, 6.07) is 13.0. The number of ketones is 2. The summed E-state index contributed by atoms with van der Waals surface area (Å²) in [6.45, 7) is 0. The maximum absolute atomic E-state index is 13.1. The highest BCUT2D eigenvalue weighted by Crippen LogP contribution is 2.42. The number of amides is 2. The highest BCUT2D eigenvalue weighted by Gasteiger charge is 2.49. The molecule has 166 valence electrons. The first-order chi connectivity index (χ1) is 16.3. The largest absolute Gasteiger partial charge is 0.298 e. The Morgan fingerprint density at radius 1 is 0.824 bits per heavy atom. The predicted molar refractivity (Wildman–Crippen MR) is 127 cm³/mol. The van der Waals surface area contributed by atoms with E-state index in [0.29, 0.717) is 21.0 Å². The number of Topliss-reactive ketones (excluding diaryl/α,β-unsaturated/α-hetero) is 2. The minimum Gasteiger partial charge on any atom is -0.298 e. The molecule has 1 saturated carbocycles. The molecule has 8 heteroatoms. The normalized spacial score (nSPS) is 23.5. The van der Waals surface area contributed by atoms with Crippen LogP contribution < -0.4 is 4.90 Å². The number of imide groups is 1. The topological polar surface area (TPSA) is 84.4 Å². The van der Waals surface area contributed by atoms with Crippen LogP contribution >= 0.6 is 23.2 Å². The minimum atomic E-state index is -1.04. The van der Waals surface area contributed by atoms with Crippen LogP contribution in [0.1, 0.15) is 32.3 Å². The van der Waals surface area contributed by atoms with Gasteiger partial charge >= 0.3 is 0 Å². The Kier molecular flexibility index (Phi) is 4.59. The second-order valence-corrected chi connectivity index (χ2v) is 9.29. The molecule has 0 N–H and O–H groups in total. The average molecular weight is 489 g/mol. The molecular weight excluding hydrogens is 475 g/mol. The van der Waals surface area contributed by atoms with E-state index in [1.54, 1.807) is 54.6 Å². The zero-order valence-electron chi connectivity index (χ0n) is 17.4. The van der Waals surface area contributed by atoms with Gasteiger partial charge in [0.15, 0.2) is 11.6 Å². The van der Waals surface area contributed by atoms with Gasteiger partial charge in [0.05, 0.1) is 39.9 Å². The number of carbonyl (C=O) groups excluding carboxylic acids is 4. The summed E-state index contributed by atoms with van der Waals surface area (Å²) in [4.78, 5) is 58.2. The van der Waals surface area contributed by atoms with Crippen molar-refractivity contribution in [3.05, 3.63) is 93.6 Å². The first kappa shape index (κ1) is 21.0. The Morgan fingerprint density at radius 2 is 1.59 bits per heavy atom. The maximum atomic E-state index is 13.1. The predicted octanol–water partition coefficient (Wildman–Crippen LogP) is 4.85. The number of halogens is 2. The van der Waals surface area contributed by atoms with Crippen LogP contribution in [-0.4, -0.2) is 28.4 Å². The fourth-order valence-electron chi connectivity index (χ4n) is 4.91. The molecule has 2 amide bonds. The monoisotopic (exact) mass is 488 g/mol. The molecule has 2 aromatic carbocycles. The molecule has 3 aliphatic rings. The summed E-state index contributed by atoms with van der Waals surface area (Å²) in [5.74, 6) is -3.75. The molecule has 3 aromatic rings. The lowest BCUT2D eigenvalue weighted by molar-refractivity contribution is -0.124. The molecule has 34 heavy (non-hydrogen) atoms. The van der Waals surface area contributed by atoms with Crippen LogP contribution in [0.5, 0.6) is 0 Å². The Balaban J connectivity index is 1.46. The number of anilines is 1. The van der Waals surface area contributed by atoms with E-state index < -0.39 is 29.6 Å². The molecule has 1 aromatic heterocycles. The molecule has 6 nitrogen and oxygen atoms in total. The molecule has 0 saturated heterocycles. The highest BCUT2D eigenvalue weighted by atomic mass is 35.5. The van der Waals surface area contributed by atoms with Crippen molar-refractivity contribution in [2.24, 2.45) is 11.8 Å². The molecule has 0 radical (unpaired) electrons. The molecule has 0 bridgehead atoms. The number of nitrogens with zero attached hydrogens (tertiary/aromatic N) is 2. The van der Waals surface area contributed by atoms with Crippen molar-refractivity contribution < 1.29 is 19.2 Å². The fourth-order valence-corrected chi connectivity index (χ4v) is 5.29. The van der Waals surface area contributed by atoms with Gasteiger partial charge in [-0.2, -0.15) is 0 Å². The van der Waals surface area contributed by atoms with Gasteiger partial charge in [0.1, 0.15) is 5.92 Å². The molecule has 6 rings (SSSR count). The van der Waals surface area contributed by atoms with E-state index >= 15 is 0 Å². The van der Waals surface area contributed by atoms with Crippen molar-refractivity contribution in [3.63, 3.8) is 0 Å². The number of fused-ring (bicyclic) bond motifs is 3. The average Bonchev–Trinajstić information content (AvgIpc) is 3.22. The summed E-state index contributed by atoms with van der Waals surface area (Å²) in [5, 5.41) is 1.43. The van der Waals surface area contributed by atoms with Crippen molar-refractivity contribution >= 4 is 63.2 Å². The van der Waals surface area contributed by atoms with E-state index in [0.717, 1.165) is 4.90 Å².